The number of hydrogen-bond donors (Lipinski definition) is 1. The van der Waals surface area contributed by atoms with Gasteiger partial charge in [0.1, 0.15) is 11.3 Å². The molecule has 0 atom stereocenters. The summed E-state index contributed by atoms with van der Waals surface area (Å²) in [5.74, 6) is -0.764. The van der Waals surface area contributed by atoms with E-state index in [1.54, 1.807) is 12.1 Å². The quantitative estimate of drug-likeness (QED) is 0.814. The highest BCUT2D eigenvalue weighted by Gasteiger charge is 2.18. The lowest BCUT2D eigenvalue weighted by molar-refractivity contribution is 0.0693. The third-order valence-electron chi connectivity index (χ3n) is 1.71. The van der Waals surface area contributed by atoms with E-state index in [1.165, 1.54) is 18.9 Å². The number of methoxy groups -OCH3 is 1. The predicted octanol–water partition coefficient (Wildman–Crippen LogP) is 2.77. The summed E-state index contributed by atoms with van der Waals surface area (Å²) in [7, 11) is 1.43. The average molecular weight is 233 g/mol. The first-order chi connectivity index (χ1) is 6.61. The van der Waals surface area contributed by atoms with Gasteiger partial charge in [-0.1, -0.05) is 11.6 Å². The molecule has 0 bridgehead atoms. The minimum Gasteiger partial charge on any atom is -0.495 e. The Morgan fingerprint density at radius 3 is 2.64 bits per heavy atom. The molecular formula is C9H9ClO3S. The molecule has 0 amide bonds. The van der Waals surface area contributed by atoms with Crippen molar-refractivity contribution in [1.29, 1.82) is 0 Å². The van der Waals surface area contributed by atoms with Crippen molar-refractivity contribution in [2.75, 3.05) is 13.4 Å². The maximum Gasteiger partial charge on any atom is 0.341 e. The molecule has 0 heterocycles. The first-order valence-electron chi connectivity index (χ1n) is 3.75. The van der Waals surface area contributed by atoms with Crippen LogP contribution in [0.3, 0.4) is 0 Å². The molecule has 0 unspecified atom stereocenters. The van der Waals surface area contributed by atoms with Crippen LogP contribution in [0.2, 0.25) is 5.02 Å². The summed E-state index contributed by atoms with van der Waals surface area (Å²) in [6.45, 7) is 0. The lowest BCUT2D eigenvalue weighted by Gasteiger charge is -2.10. The van der Waals surface area contributed by atoms with Crippen molar-refractivity contribution < 1.29 is 14.6 Å². The number of hydrogen-bond acceptors (Lipinski definition) is 3. The molecule has 0 aromatic heterocycles. The van der Waals surface area contributed by atoms with Crippen molar-refractivity contribution in [2.24, 2.45) is 0 Å². The molecule has 0 aliphatic heterocycles. The second-order valence-electron chi connectivity index (χ2n) is 2.46. The Morgan fingerprint density at radius 1 is 1.57 bits per heavy atom. The summed E-state index contributed by atoms with van der Waals surface area (Å²) >= 11 is 7.18. The fraction of sp³-hybridized carbons (Fsp3) is 0.222. The highest BCUT2D eigenvalue weighted by atomic mass is 35.5. The van der Waals surface area contributed by atoms with Gasteiger partial charge in [0.25, 0.3) is 0 Å². The van der Waals surface area contributed by atoms with Crippen LogP contribution in [-0.4, -0.2) is 24.4 Å². The van der Waals surface area contributed by atoms with Crippen LogP contribution in [-0.2, 0) is 0 Å². The third-order valence-corrected chi connectivity index (χ3v) is 2.78. The second kappa shape index (κ2) is 4.57. The van der Waals surface area contributed by atoms with Crippen LogP contribution in [0.25, 0.3) is 0 Å². The van der Waals surface area contributed by atoms with Crippen LogP contribution < -0.4 is 4.74 Å². The number of carboxylic acids is 1. The maximum atomic E-state index is 10.9. The molecule has 0 saturated heterocycles. The number of thioether (sulfide) groups is 1. The number of benzene rings is 1. The van der Waals surface area contributed by atoms with Crippen molar-refractivity contribution in [3.63, 3.8) is 0 Å². The van der Waals surface area contributed by atoms with Gasteiger partial charge in [-0.15, -0.1) is 11.8 Å². The molecule has 0 saturated carbocycles. The smallest absolute Gasteiger partial charge is 0.341 e. The Morgan fingerprint density at radius 2 is 2.21 bits per heavy atom. The Labute approximate surface area is 91.0 Å². The summed E-state index contributed by atoms with van der Waals surface area (Å²) in [6, 6.07) is 3.29. The van der Waals surface area contributed by atoms with Crippen LogP contribution in [0.1, 0.15) is 10.4 Å². The molecule has 14 heavy (non-hydrogen) atoms. The van der Waals surface area contributed by atoms with Crippen molar-refractivity contribution in [3.05, 3.63) is 22.7 Å². The second-order valence-corrected chi connectivity index (χ2v) is 3.72. The van der Waals surface area contributed by atoms with E-state index >= 15 is 0 Å². The number of rotatable bonds is 3. The molecule has 1 aromatic carbocycles. The first-order valence-corrected chi connectivity index (χ1v) is 5.35. The van der Waals surface area contributed by atoms with Crippen molar-refractivity contribution in [1.82, 2.24) is 0 Å². The number of carbonyl (C=O) groups is 1. The molecule has 5 heteroatoms. The van der Waals surface area contributed by atoms with Crippen molar-refractivity contribution in [3.8, 4) is 5.75 Å². The Hall–Kier alpha value is -0.870. The van der Waals surface area contributed by atoms with E-state index in [0.29, 0.717) is 5.75 Å². The minimum absolute atomic E-state index is 0.0148. The molecule has 3 nitrogen and oxygen atoms in total. The van der Waals surface area contributed by atoms with E-state index in [4.69, 9.17) is 21.4 Å². The SMILES string of the molecule is COc1c(SC)ccc(Cl)c1C(=O)O. The summed E-state index contributed by atoms with van der Waals surface area (Å²) in [5.41, 5.74) is 0.0148. The number of carboxylic acid groups (broad SMARTS) is 1. The van der Waals surface area contributed by atoms with Gasteiger partial charge in [0, 0.05) is 0 Å². The normalized spacial score (nSPS) is 9.93. The lowest BCUT2D eigenvalue weighted by atomic mass is 10.2. The van der Waals surface area contributed by atoms with Gasteiger partial charge in [-0.3, -0.25) is 0 Å². The van der Waals surface area contributed by atoms with Gasteiger partial charge in [0.15, 0.2) is 0 Å². The molecule has 0 fully saturated rings. The van der Waals surface area contributed by atoms with Gasteiger partial charge in [-0.05, 0) is 18.4 Å². The molecule has 0 aliphatic carbocycles. The van der Waals surface area contributed by atoms with E-state index in [1.807, 2.05) is 6.26 Å². The summed E-state index contributed by atoms with van der Waals surface area (Å²) < 4.78 is 5.02. The molecule has 76 valence electrons. The molecule has 0 aliphatic rings. The van der Waals surface area contributed by atoms with E-state index in [9.17, 15) is 4.79 Å². The van der Waals surface area contributed by atoms with Gasteiger partial charge in [0.05, 0.1) is 17.0 Å². The molecule has 0 spiro atoms. The molecule has 1 rings (SSSR count). The fourth-order valence-electron chi connectivity index (χ4n) is 1.10. The zero-order valence-corrected chi connectivity index (χ0v) is 9.28. The van der Waals surface area contributed by atoms with Gasteiger partial charge in [-0.2, -0.15) is 0 Å². The Balaban J connectivity index is 3.42. The average Bonchev–Trinajstić information content (AvgIpc) is 2.16. The highest BCUT2D eigenvalue weighted by molar-refractivity contribution is 7.98. The number of ether oxygens (including phenoxy) is 1. The highest BCUT2D eigenvalue weighted by Crippen LogP contribution is 2.35. The predicted molar refractivity (Wildman–Crippen MR) is 56.7 cm³/mol. The molecule has 0 radical (unpaired) electrons. The standard InChI is InChI=1S/C9H9ClO3S/c1-13-8-6(14-2)4-3-5(10)7(8)9(11)12/h3-4H,1-2H3,(H,11,12). The van der Waals surface area contributed by atoms with Crippen LogP contribution in [0.4, 0.5) is 0 Å². The van der Waals surface area contributed by atoms with Gasteiger partial charge >= 0.3 is 5.97 Å². The van der Waals surface area contributed by atoms with E-state index in [-0.39, 0.29) is 10.6 Å². The van der Waals surface area contributed by atoms with Crippen LogP contribution in [0.15, 0.2) is 17.0 Å². The zero-order chi connectivity index (χ0) is 10.7. The van der Waals surface area contributed by atoms with Gasteiger partial charge in [0.2, 0.25) is 0 Å². The lowest BCUT2D eigenvalue weighted by Crippen LogP contribution is -2.02. The van der Waals surface area contributed by atoms with Crippen LogP contribution in [0, 0.1) is 0 Å². The zero-order valence-electron chi connectivity index (χ0n) is 7.70. The van der Waals surface area contributed by atoms with E-state index in [2.05, 4.69) is 0 Å². The topological polar surface area (TPSA) is 46.5 Å². The number of halogens is 1. The largest absolute Gasteiger partial charge is 0.495 e. The van der Waals surface area contributed by atoms with E-state index in [0.717, 1.165) is 4.90 Å². The van der Waals surface area contributed by atoms with Gasteiger partial charge in [-0.25, -0.2) is 4.79 Å². The van der Waals surface area contributed by atoms with Crippen LogP contribution in [0.5, 0.6) is 5.75 Å². The van der Waals surface area contributed by atoms with Crippen LogP contribution >= 0.6 is 23.4 Å². The molecular weight excluding hydrogens is 224 g/mol. The summed E-state index contributed by atoms with van der Waals surface area (Å²) in [4.78, 5) is 11.7. The monoisotopic (exact) mass is 232 g/mol. The summed E-state index contributed by atoms with van der Waals surface area (Å²) in [6.07, 6.45) is 1.84. The molecule has 1 N–H and O–H groups in total. The Bertz CT molecular complexity index is 365. The Kier molecular flexibility index (Phi) is 3.66. The first kappa shape index (κ1) is 11.2. The maximum absolute atomic E-state index is 10.9. The van der Waals surface area contributed by atoms with Crippen molar-refractivity contribution >= 4 is 29.3 Å². The third kappa shape index (κ3) is 1.96. The molecule has 1 aromatic rings. The van der Waals surface area contributed by atoms with Gasteiger partial charge < -0.3 is 9.84 Å². The van der Waals surface area contributed by atoms with E-state index < -0.39 is 5.97 Å². The van der Waals surface area contributed by atoms with Crippen molar-refractivity contribution in [2.45, 2.75) is 4.90 Å². The fourth-order valence-corrected chi connectivity index (χ4v) is 1.91. The minimum atomic E-state index is -1.08. The summed E-state index contributed by atoms with van der Waals surface area (Å²) in [5, 5.41) is 9.11. The number of aromatic carboxylic acids is 1.